The van der Waals surface area contributed by atoms with Crippen molar-refractivity contribution in [2.75, 3.05) is 39.3 Å². The first-order valence-corrected chi connectivity index (χ1v) is 12.0. The zero-order valence-corrected chi connectivity index (χ0v) is 18.6. The molecule has 0 unspecified atom stereocenters. The second-order valence-electron chi connectivity index (χ2n) is 8.14. The topological polar surface area (TPSA) is 70.9 Å². The molecule has 1 aliphatic heterocycles. The summed E-state index contributed by atoms with van der Waals surface area (Å²) in [5.74, 6) is 0.384. The number of hydrogen-bond donors (Lipinski definition) is 2. The molecule has 0 aromatic heterocycles. The highest BCUT2D eigenvalue weighted by Crippen LogP contribution is 2.20. The fourth-order valence-electron chi connectivity index (χ4n) is 3.67. The summed E-state index contributed by atoms with van der Waals surface area (Å²) in [6.45, 7) is 7.30. The summed E-state index contributed by atoms with van der Waals surface area (Å²) in [5, 5.41) is 2.97. The Morgan fingerprint density at radius 2 is 1.67 bits per heavy atom. The van der Waals surface area contributed by atoms with E-state index in [2.05, 4.69) is 19.2 Å². The lowest BCUT2D eigenvalue weighted by atomic mass is 10.0. The monoisotopic (exact) mass is 430 g/mol. The van der Waals surface area contributed by atoms with Gasteiger partial charge in [-0.05, 0) is 35.6 Å². The number of benzene rings is 2. The molecule has 0 radical (unpaired) electrons. The standard InChI is InChI=1S/C23H31N3O3S/c1-19(2)21-8-10-22(11-9-21)30(28,29)26-16-14-25(15-17-26)18-23(27)24-13-12-20-6-4-3-5-7-20/h3-11,19H,12-18H2,1-2H3,(H,24,27)/p+1. The quantitative estimate of drug-likeness (QED) is 0.658. The summed E-state index contributed by atoms with van der Waals surface area (Å²) in [4.78, 5) is 13.7. The summed E-state index contributed by atoms with van der Waals surface area (Å²) in [6.07, 6.45) is 0.809. The predicted molar refractivity (Wildman–Crippen MR) is 118 cm³/mol. The van der Waals surface area contributed by atoms with E-state index in [1.165, 1.54) is 9.87 Å². The largest absolute Gasteiger partial charge is 0.351 e. The average Bonchev–Trinajstić information content (AvgIpc) is 2.75. The Morgan fingerprint density at radius 3 is 2.27 bits per heavy atom. The Kier molecular flexibility index (Phi) is 7.64. The molecule has 6 nitrogen and oxygen atoms in total. The molecule has 0 saturated carbocycles. The molecule has 162 valence electrons. The number of carbonyl (C=O) groups excluding carboxylic acids is 1. The molecule has 2 aromatic rings. The minimum atomic E-state index is -3.48. The predicted octanol–water partition coefficient (Wildman–Crippen LogP) is 1.06. The van der Waals surface area contributed by atoms with Crippen LogP contribution in [0, 0.1) is 0 Å². The summed E-state index contributed by atoms with van der Waals surface area (Å²) in [6, 6.07) is 17.2. The molecule has 3 rings (SSSR count). The molecule has 1 aliphatic rings. The highest BCUT2D eigenvalue weighted by atomic mass is 32.2. The molecule has 0 spiro atoms. The minimum Gasteiger partial charge on any atom is -0.351 e. The van der Waals surface area contributed by atoms with Crippen molar-refractivity contribution >= 4 is 15.9 Å². The molecule has 1 fully saturated rings. The lowest BCUT2D eigenvalue weighted by Crippen LogP contribution is -3.15. The van der Waals surface area contributed by atoms with Crippen molar-refractivity contribution in [2.24, 2.45) is 0 Å². The van der Waals surface area contributed by atoms with E-state index in [0.29, 0.717) is 50.1 Å². The summed E-state index contributed by atoms with van der Waals surface area (Å²) >= 11 is 0. The van der Waals surface area contributed by atoms with Crippen molar-refractivity contribution in [3.05, 3.63) is 65.7 Å². The zero-order valence-electron chi connectivity index (χ0n) is 17.8. The molecule has 1 saturated heterocycles. The highest BCUT2D eigenvalue weighted by Gasteiger charge is 2.31. The second-order valence-corrected chi connectivity index (χ2v) is 10.1. The first-order valence-electron chi connectivity index (χ1n) is 10.6. The van der Waals surface area contributed by atoms with Crippen LogP contribution >= 0.6 is 0 Å². The third-order valence-electron chi connectivity index (χ3n) is 5.60. The van der Waals surface area contributed by atoms with Crippen molar-refractivity contribution in [1.82, 2.24) is 9.62 Å². The molecule has 2 N–H and O–H groups in total. The van der Waals surface area contributed by atoms with Gasteiger partial charge in [-0.25, -0.2) is 8.42 Å². The summed E-state index contributed by atoms with van der Waals surface area (Å²) < 4.78 is 27.4. The van der Waals surface area contributed by atoms with E-state index in [9.17, 15) is 13.2 Å². The Hall–Kier alpha value is -2.22. The van der Waals surface area contributed by atoms with E-state index in [-0.39, 0.29) is 5.91 Å². The van der Waals surface area contributed by atoms with Gasteiger partial charge in [0.05, 0.1) is 31.1 Å². The van der Waals surface area contributed by atoms with Gasteiger partial charge in [0.25, 0.3) is 5.91 Å². The van der Waals surface area contributed by atoms with Crippen LogP contribution < -0.4 is 10.2 Å². The smallest absolute Gasteiger partial charge is 0.275 e. The molecule has 0 aliphatic carbocycles. The number of amides is 1. The maximum Gasteiger partial charge on any atom is 0.275 e. The highest BCUT2D eigenvalue weighted by molar-refractivity contribution is 7.89. The Balaban J connectivity index is 1.45. The molecular formula is C23H32N3O3S+. The van der Waals surface area contributed by atoms with Gasteiger partial charge in [-0.15, -0.1) is 0 Å². The second kappa shape index (κ2) is 10.2. The summed E-state index contributed by atoms with van der Waals surface area (Å²) in [5.41, 5.74) is 2.33. The van der Waals surface area contributed by atoms with Crippen LogP contribution in [0.15, 0.2) is 59.5 Å². The van der Waals surface area contributed by atoms with Crippen LogP contribution in [0.3, 0.4) is 0 Å². The van der Waals surface area contributed by atoms with Crippen molar-refractivity contribution in [3.63, 3.8) is 0 Å². The van der Waals surface area contributed by atoms with Crippen LogP contribution in [-0.2, 0) is 21.2 Å². The van der Waals surface area contributed by atoms with Crippen molar-refractivity contribution < 1.29 is 18.1 Å². The Morgan fingerprint density at radius 1 is 1.03 bits per heavy atom. The summed E-state index contributed by atoms with van der Waals surface area (Å²) in [7, 11) is -3.48. The Labute approximate surface area is 179 Å². The fraction of sp³-hybridized carbons (Fsp3) is 0.435. The van der Waals surface area contributed by atoms with Crippen LogP contribution in [0.5, 0.6) is 0 Å². The molecule has 30 heavy (non-hydrogen) atoms. The van der Waals surface area contributed by atoms with Gasteiger partial charge in [-0.2, -0.15) is 4.31 Å². The number of piperazine rings is 1. The van der Waals surface area contributed by atoms with Gasteiger partial charge in [-0.1, -0.05) is 56.3 Å². The van der Waals surface area contributed by atoms with Crippen LogP contribution in [0.25, 0.3) is 0 Å². The van der Waals surface area contributed by atoms with Crippen LogP contribution in [0.1, 0.15) is 30.9 Å². The molecule has 0 atom stereocenters. The maximum atomic E-state index is 12.9. The van der Waals surface area contributed by atoms with Crippen LogP contribution in [0.4, 0.5) is 0 Å². The van der Waals surface area contributed by atoms with E-state index < -0.39 is 10.0 Å². The molecular weight excluding hydrogens is 398 g/mol. The van der Waals surface area contributed by atoms with E-state index >= 15 is 0 Å². The Bertz CT molecular complexity index is 920. The molecule has 2 aromatic carbocycles. The molecule has 0 bridgehead atoms. The van der Waals surface area contributed by atoms with Crippen molar-refractivity contribution in [2.45, 2.75) is 31.1 Å². The van der Waals surface area contributed by atoms with E-state index in [1.54, 1.807) is 12.1 Å². The van der Waals surface area contributed by atoms with Crippen molar-refractivity contribution in [3.8, 4) is 0 Å². The number of quaternary nitrogens is 1. The normalized spacial score (nSPS) is 16.0. The van der Waals surface area contributed by atoms with E-state index in [0.717, 1.165) is 16.9 Å². The lowest BCUT2D eigenvalue weighted by molar-refractivity contribution is -0.895. The number of carbonyl (C=O) groups is 1. The number of nitrogens with zero attached hydrogens (tertiary/aromatic N) is 1. The van der Waals surface area contributed by atoms with Gasteiger partial charge < -0.3 is 10.2 Å². The average molecular weight is 431 g/mol. The van der Waals surface area contributed by atoms with Gasteiger partial charge in [0.15, 0.2) is 6.54 Å². The minimum absolute atomic E-state index is 0.0153. The van der Waals surface area contributed by atoms with Gasteiger partial charge in [0, 0.05) is 6.54 Å². The number of hydrogen-bond acceptors (Lipinski definition) is 3. The molecule has 1 amide bonds. The maximum absolute atomic E-state index is 12.9. The SMILES string of the molecule is CC(C)c1ccc(S(=O)(=O)N2CC[NH+](CC(=O)NCCc3ccccc3)CC2)cc1. The molecule has 7 heteroatoms. The van der Waals surface area contributed by atoms with Crippen molar-refractivity contribution in [1.29, 1.82) is 0 Å². The third kappa shape index (κ3) is 5.90. The van der Waals surface area contributed by atoms with Gasteiger partial charge in [-0.3, -0.25) is 4.79 Å². The zero-order chi connectivity index (χ0) is 21.6. The van der Waals surface area contributed by atoms with Gasteiger partial charge >= 0.3 is 0 Å². The fourth-order valence-corrected chi connectivity index (χ4v) is 5.12. The number of nitrogens with one attached hydrogen (secondary N) is 2. The lowest BCUT2D eigenvalue weighted by Gasteiger charge is -2.31. The molecule has 1 heterocycles. The first-order chi connectivity index (χ1) is 14.4. The van der Waals surface area contributed by atoms with Gasteiger partial charge in [0.2, 0.25) is 10.0 Å². The van der Waals surface area contributed by atoms with E-state index in [1.807, 2.05) is 42.5 Å². The third-order valence-corrected chi connectivity index (χ3v) is 7.52. The van der Waals surface area contributed by atoms with Crippen LogP contribution in [0.2, 0.25) is 0 Å². The number of sulfonamides is 1. The first kappa shape index (κ1) is 22.5. The van der Waals surface area contributed by atoms with Crippen LogP contribution in [-0.4, -0.2) is 57.9 Å². The van der Waals surface area contributed by atoms with Gasteiger partial charge in [0.1, 0.15) is 0 Å². The van der Waals surface area contributed by atoms with E-state index in [4.69, 9.17) is 0 Å². The number of rotatable bonds is 8.